The highest BCUT2D eigenvalue weighted by Gasteiger charge is 2.20. The molecule has 0 saturated carbocycles. The average molecular weight is 232 g/mol. The number of nitriles is 1. The maximum absolute atomic E-state index is 11.0. The number of carbonyl (C=O) groups excluding carboxylic acids is 1. The lowest BCUT2D eigenvalue weighted by Crippen LogP contribution is -2.18. The minimum Gasteiger partial charge on any atom is -0.376 e. The molecule has 4 heteroatoms. The minimum atomic E-state index is 0.180. The third-order valence-electron chi connectivity index (χ3n) is 3.23. The number of hydrogen-bond donors (Lipinski definition) is 0. The number of ether oxygens (including phenoxy) is 1. The van der Waals surface area contributed by atoms with Crippen molar-refractivity contribution in [3.8, 4) is 6.07 Å². The van der Waals surface area contributed by atoms with E-state index in [1.807, 2.05) is 11.5 Å². The quantitative estimate of drug-likeness (QED) is 0.745. The molecule has 1 aromatic heterocycles. The van der Waals surface area contributed by atoms with Crippen LogP contribution in [0, 0.1) is 11.3 Å². The summed E-state index contributed by atoms with van der Waals surface area (Å²) >= 11 is 0. The molecule has 90 valence electrons. The first-order valence-corrected chi connectivity index (χ1v) is 5.99. The van der Waals surface area contributed by atoms with Gasteiger partial charge in [0.25, 0.3) is 0 Å². The lowest BCUT2D eigenvalue weighted by molar-refractivity contribution is 0.0961. The van der Waals surface area contributed by atoms with Gasteiger partial charge in [0.05, 0.1) is 6.10 Å². The zero-order valence-electron chi connectivity index (χ0n) is 9.98. The Balaban J connectivity index is 2.32. The fraction of sp³-hybridized carbons (Fsp3) is 0.538. The van der Waals surface area contributed by atoms with Crippen molar-refractivity contribution in [2.45, 2.75) is 38.8 Å². The van der Waals surface area contributed by atoms with Crippen LogP contribution in [0.15, 0.2) is 6.07 Å². The van der Waals surface area contributed by atoms with Gasteiger partial charge in [-0.05, 0) is 25.3 Å². The van der Waals surface area contributed by atoms with Gasteiger partial charge in [0.1, 0.15) is 11.8 Å². The third kappa shape index (κ3) is 2.25. The predicted molar refractivity (Wildman–Crippen MR) is 62.9 cm³/mol. The van der Waals surface area contributed by atoms with Crippen molar-refractivity contribution in [1.29, 1.82) is 5.26 Å². The number of rotatable bonds is 4. The topological polar surface area (TPSA) is 55.0 Å². The molecule has 1 atom stereocenters. The first-order chi connectivity index (χ1) is 8.30. The van der Waals surface area contributed by atoms with Gasteiger partial charge in [-0.25, -0.2) is 0 Å². The van der Waals surface area contributed by atoms with Crippen molar-refractivity contribution in [2.24, 2.45) is 0 Å². The van der Waals surface area contributed by atoms with Gasteiger partial charge in [-0.3, -0.25) is 4.79 Å². The lowest BCUT2D eigenvalue weighted by atomic mass is 10.2. The molecule has 0 unspecified atom stereocenters. The van der Waals surface area contributed by atoms with Gasteiger partial charge in [0.2, 0.25) is 0 Å². The summed E-state index contributed by atoms with van der Waals surface area (Å²) in [5, 5.41) is 9.09. The van der Waals surface area contributed by atoms with Crippen molar-refractivity contribution in [2.75, 3.05) is 6.61 Å². The van der Waals surface area contributed by atoms with Crippen LogP contribution in [0.5, 0.6) is 0 Å². The first kappa shape index (κ1) is 11.9. The average Bonchev–Trinajstić information content (AvgIpc) is 2.96. The van der Waals surface area contributed by atoms with E-state index in [2.05, 4.69) is 6.07 Å². The van der Waals surface area contributed by atoms with Crippen LogP contribution in [0.1, 0.15) is 41.5 Å². The van der Waals surface area contributed by atoms with E-state index in [0.29, 0.717) is 17.8 Å². The Morgan fingerprint density at radius 2 is 2.53 bits per heavy atom. The van der Waals surface area contributed by atoms with Gasteiger partial charge in [0.15, 0.2) is 6.29 Å². The van der Waals surface area contributed by atoms with E-state index < -0.39 is 0 Å². The molecule has 0 aliphatic carbocycles. The number of aldehydes is 1. The summed E-state index contributed by atoms with van der Waals surface area (Å²) in [5.74, 6) is 0. The van der Waals surface area contributed by atoms with Crippen LogP contribution < -0.4 is 0 Å². The Bertz CT molecular complexity index is 451. The van der Waals surface area contributed by atoms with Gasteiger partial charge in [-0.2, -0.15) is 5.26 Å². The summed E-state index contributed by atoms with van der Waals surface area (Å²) in [7, 11) is 0. The number of nitrogens with zero attached hydrogens (tertiary/aromatic N) is 2. The molecule has 0 radical (unpaired) electrons. The number of aromatic nitrogens is 1. The van der Waals surface area contributed by atoms with Crippen LogP contribution in [0.25, 0.3) is 0 Å². The molecule has 0 spiro atoms. The van der Waals surface area contributed by atoms with Crippen LogP contribution in [0.2, 0.25) is 0 Å². The van der Waals surface area contributed by atoms with Crippen LogP contribution >= 0.6 is 0 Å². The highest BCUT2D eigenvalue weighted by molar-refractivity contribution is 5.77. The molecule has 0 amide bonds. The molecule has 1 aliphatic rings. The van der Waals surface area contributed by atoms with Crippen molar-refractivity contribution in [3.05, 3.63) is 23.0 Å². The second-order valence-electron chi connectivity index (χ2n) is 4.26. The molecule has 1 saturated heterocycles. The SMILES string of the molecule is CCc1c(C=O)cc(C#N)n1C[C@@H]1CCCO1. The van der Waals surface area contributed by atoms with Crippen molar-refractivity contribution in [1.82, 2.24) is 4.57 Å². The fourth-order valence-electron chi connectivity index (χ4n) is 2.40. The van der Waals surface area contributed by atoms with Crippen LogP contribution in [0.3, 0.4) is 0 Å². The Labute approximate surface area is 101 Å². The van der Waals surface area contributed by atoms with E-state index in [1.54, 1.807) is 6.07 Å². The van der Waals surface area contributed by atoms with Crippen molar-refractivity contribution < 1.29 is 9.53 Å². The van der Waals surface area contributed by atoms with Crippen LogP contribution in [-0.4, -0.2) is 23.6 Å². The summed E-state index contributed by atoms with van der Waals surface area (Å²) in [5.41, 5.74) is 2.12. The lowest BCUT2D eigenvalue weighted by Gasteiger charge is -2.14. The summed E-state index contributed by atoms with van der Waals surface area (Å²) in [4.78, 5) is 11.0. The number of hydrogen-bond acceptors (Lipinski definition) is 3. The molecule has 1 aromatic rings. The van der Waals surface area contributed by atoms with Crippen molar-refractivity contribution in [3.63, 3.8) is 0 Å². The Hall–Kier alpha value is -1.60. The maximum Gasteiger partial charge on any atom is 0.151 e. The normalized spacial score (nSPS) is 19.2. The highest BCUT2D eigenvalue weighted by Crippen LogP contribution is 2.20. The third-order valence-corrected chi connectivity index (χ3v) is 3.23. The van der Waals surface area contributed by atoms with Gasteiger partial charge in [0, 0.05) is 24.4 Å². The Morgan fingerprint density at radius 1 is 1.71 bits per heavy atom. The van der Waals surface area contributed by atoms with E-state index in [9.17, 15) is 4.79 Å². The maximum atomic E-state index is 11.0. The predicted octanol–water partition coefficient (Wildman–Crippen LogP) is 1.91. The minimum absolute atomic E-state index is 0.180. The second-order valence-corrected chi connectivity index (χ2v) is 4.26. The first-order valence-electron chi connectivity index (χ1n) is 5.99. The smallest absolute Gasteiger partial charge is 0.151 e. The molecule has 1 aliphatic heterocycles. The molecule has 2 rings (SSSR count). The molecule has 0 N–H and O–H groups in total. The second kappa shape index (κ2) is 5.15. The Morgan fingerprint density at radius 3 is 3.06 bits per heavy atom. The van der Waals surface area contributed by atoms with E-state index in [-0.39, 0.29) is 6.10 Å². The van der Waals surface area contributed by atoms with Gasteiger partial charge in [-0.1, -0.05) is 6.92 Å². The van der Waals surface area contributed by atoms with E-state index >= 15 is 0 Å². The standard InChI is InChI=1S/C13H16N2O2/c1-2-13-10(9-16)6-11(7-14)15(13)8-12-4-3-5-17-12/h6,9,12H,2-5,8H2,1H3/t12-/m0/s1. The van der Waals surface area contributed by atoms with E-state index in [1.165, 1.54) is 0 Å². The van der Waals surface area contributed by atoms with Crippen LogP contribution in [0.4, 0.5) is 0 Å². The molecule has 17 heavy (non-hydrogen) atoms. The summed E-state index contributed by atoms with van der Waals surface area (Å²) in [6.45, 7) is 3.48. The molecular formula is C13H16N2O2. The summed E-state index contributed by atoms with van der Waals surface area (Å²) < 4.78 is 7.51. The van der Waals surface area contributed by atoms with Gasteiger partial charge in [-0.15, -0.1) is 0 Å². The molecule has 1 fully saturated rings. The van der Waals surface area contributed by atoms with Crippen LogP contribution in [-0.2, 0) is 17.7 Å². The van der Waals surface area contributed by atoms with Crippen molar-refractivity contribution >= 4 is 6.29 Å². The molecule has 0 bridgehead atoms. The zero-order chi connectivity index (χ0) is 12.3. The monoisotopic (exact) mass is 232 g/mol. The Kier molecular flexibility index (Phi) is 3.60. The van der Waals surface area contributed by atoms with E-state index in [0.717, 1.165) is 37.8 Å². The molecule has 2 heterocycles. The summed E-state index contributed by atoms with van der Waals surface area (Å²) in [6.07, 6.45) is 3.87. The number of carbonyl (C=O) groups is 1. The van der Waals surface area contributed by atoms with Gasteiger partial charge >= 0.3 is 0 Å². The molecular weight excluding hydrogens is 216 g/mol. The summed E-state index contributed by atoms with van der Waals surface area (Å²) in [6, 6.07) is 3.81. The fourth-order valence-corrected chi connectivity index (χ4v) is 2.40. The van der Waals surface area contributed by atoms with Gasteiger partial charge < -0.3 is 9.30 Å². The van der Waals surface area contributed by atoms with E-state index in [4.69, 9.17) is 10.00 Å². The molecule has 0 aromatic carbocycles. The largest absolute Gasteiger partial charge is 0.376 e. The highest BCUT2D eigenvalue weighted by atomic mass is 16.5. The molecule has 4 nitrogen and oxygen atoms in total. The zero-order valence-corrected chi connectivity index (χ0v) is 9.98.